The molecule has 3 nitrogen and oxygen atoms in total. The zero-order valence-electron chi connectivity index (χ0n) is 9.12. The van der Waals surface area contributed by atoms with Crippen LogP contribution >= 0.6 is 0 Å². The predicted molar refractivity (Wildman–Crippen MR) is 60.8 cm³/mol. The van der Waals surface area contributed by atoms with Gasteiger partial charge in [0.15, 0.2) is 0 Å². The maximum Gasteiger partial charge on any atom is 0.113 e. The van der Waals surface area contributed by atoms with E-state index in [4.69, 9.17) is 5.11 Å². The van der Waals surface area contributed by atoms with Crippen LogP contribution < -0.4 is 0 Å². The SMILES string of the molecule is CC(C)(CCO)c1nc2ccccc2[nH]1. The summed E-state index contributed by atoms with van der Waals surface area (Å²) in [4.78, 5) is 7.83. The summed E-state index contributed by atoms with van der Waals surface area (Å²) < 4.78 is 0. The van der Waals surface area contributed by atoms with E-state index in [2.05, 4.69) is 23.8 Å². The van der Waals surface area contributed by atoms with Crippen LogP contribution in [-0.4, -0.2) is 21.7 Å². The van der Waals surface area contributed by atoms with Gasteiger partial charge in [-0.1, -0.05) is 26.0 Å². The van der Waals surface area contributed by atoms with E-state index >= 15 is 0 Å². The zero-order chi connectivity index (χ0) is 10.9. The van der Waals surface area contributed by atoms with Gasteiger partial charge < -0.3 is 10.1 Å². The highest BCUT2D eigenvalue weighted by atomic mass is 16.3. The van der Waals surface area contributed by atoms with Crippen molar-refractivity contribution in [2.45, 2.75) is 25.7 Å². The van der Waals surface area contributed by atoms with Gasteiger partial charge in [-0.2, -0.15) is 0 Å². The Bertz CT molecular complexity index is 426. The second kappa shape index (κ2) is 3.66. The van der Waals surface area contributed by atoms with Gasteiger partial charge in [-0.05, 0) is 18.6 Å². The molecule has 2 N–H and O–H groups in total. The predicted octanol–water partition coefficient (Wildman–Crippen LogP) is 2.22. The summed E-state index contributed by atoms with van der Waals surface area (Å²) in [5.41, 5.74) is 1.94. The molecular formula is C12H16N2O. The number of aliphatic hydroxyl groups excluding tert-OH is 1. The van der Waals surface area contributed by atoms with E-state index in [1.165, 1.54) is 0 Å². The van der Waals surface area contributed by atoms with E-state index in [9.17, 15) is 0 Å². The molecule has 15 heavy (non-hydrogen) atoms. The van der Waals surface area contributed by atoms with Crippen LogP contribution in [0.25, 0.3) is 11.0 Å². The number of aromatic amines is 1. The highest BCUT2D eigenvalue weighted by Crippen LogP contribution is 2.25. The van der Waals surface area contributed by atoms with Crippen LogP contribution in [0.3, 0.4) is 0 Å². The Balaban J connectivity index is 2.44. The first-order chi connectivity index (χ1) is 7.13. The minimum Gasteiger partial charge on any atom is -0.396 e. The molecule has 0 aliphatic rings. The molecule has 0 amide bonds. The maximum atomic E-state index is 9.00. The molecule has 80 valence electrons. The van der Waals surface area contributed by atoms with Crippen LogP contribution in [0.5, 0.6) is 0 Å². The van der Waals surface area contributed by atoms with Crippen molar-refractivity contribution in [3.05, 3.63) is 30.1 Å². The van der Waals surface area contributed by atoms with Gasteiger partial charge in [0.05, 0.1) is 11.0 Å². The van der Waals surface area contributed by atoms with Crippen molar-refractivity contribution >= 4 is 11.0 Å². The molecular weight excluding hydrogens is 188 g/mol. The van der Waals surface area contributed by atoms with Crippen molar-refractivity contribution in [1.29, 1.82) is 0 Å². The fourth-order valence-electron chi connectivity index (χ4n) is 1.67. The molecule has 0 saturated heterocycles. The molecule has 0 atom stereocenters. The van der Waals surface area contributed by atoms with Crippen molar-refractivity contribution in [1.82, 2.24) is 9.97 Å². The Hall–Kier alpha value is -1.35. The zero-order valence-corrected chi connectivity index (χ0v) is 9.12. The van der Waals surface area contributed by atoms with E-state index in [0.717, 1.165) is 16.9 Å². The summed E-state index contributed by atoms with van der Waals surface area (Å²) in [5, 5.41) is 9.00. The lowest BCUT2D eigenvalue weighted by molar-refractivity contribution is 0.248. The molecule has 0 spiro atoms. The number of rotatable bonds is 3. The summed E-state index contributed by atoms with van der Waals surface area (Å²) in [6.45, 7) is 4.35. The van der Waals surface area contributed by atoms with Crippen LogP contribution in [0.1, 0.15) is 26.1 Å². The van der Waals surface area contributed by atoms with E-state index in [1.54, 1.807) is 0 Å². The minimum atomic E-state index is -0.103. The number of hydrogen-bond acceptors (Lipinski definition) is 2. The lowest BCUT2D eigenvalue weighted by atomic mass is 9.89. The number of nitrogens with zero attached hydrogens (tertiary/aromatic N) is 1. The topological polar surface area (TPSA) is 48.9 Å². The molecule has 0 aliphatic carbocycles. The number of nitrogens with one attached hydrogen (secondary N) is 1. The molecule has 2 aromatic rings. The molecule has 0 bridgehead atoms. The standard InChI is InChI=1S/C12H16N2O/c1-12(2,7-8-15)11-13-9-5-3-4-6-10(9)14-11/h3-6,15H,7-8H2,1-2H3,(H,13,14). The third-order valence-corrected chi connectivity index (χ3v) is 2.77. The first-order valence-electron chi connectivity index (χ1n) is 5.19. The largest absolute Gasteiger partial charge is 0.396 e. The second-order valence-corrected chi connectivity index (χ2v) is 4.46. The van der Waals surface area contributed by atoms with Gasteiger partial charge in [0.2, 0.25) is 0 Å². The molecule has 2 rings (SSSR count). The molecule has 1 heterocycles. The average molecular weight is 204 g/mol. The highest BCUT2D eigenvalue weighted by Gasteiger charge is 2.23. The molecule has 0 radical (unpaired) electrons. The normalized spacial score (nSPS) is 12.2. The van der Waals surface area contributed by atoms with Crippen LogP contribution in [0, 0.1) is 0 Å². The molecule has 0 fully saturated rings. The number of aliphatic hydroxyl groups is 1. The summed E-state index contributed by atoms with van der Waals surface area (Å²) in [6, 6.07) is 7.97. The fraction of sp³-hybridized carbons (Fsp3) is 0.417. The average Bonchev–Trinajstić information content (AvgIpc) is 2.61. The smallest absolute Gasteiger partial charge is 0.113 e. The first kappa shape index (κ1) is 10.2. The van der Waals surface area contributed by atoms with E-state index in [-0.39, 0.29) is 12.0 Å². The van der Waals surface area contributed by atoms with Crippen molar-refractivity contribution in [2.24, 2.45) is 0 Å². The number of benzene rings is 1. The Morgan fingerprint density at radius 3 is 2.73 bits per heavy atom. The molecule has 0 saturated carbocycles. The molecule has 0 aliphatic heterocycles. The van der Waals surface area contributed by atoms with Crippen LogP contribution in [-0.2, 0) is 5.41 Å². The van der Waals surface area contributed by atoms with Gasteiger partial charge in [0.25, 0.3) is 0 Å². The van der Waals surface area contributed by atoms with Gasteiger partial charge in [-0.25, -0.2) is 4.98 Å². The number of aromatic nitrogens is 2. The second-order valence-electron chi connectivity index (χ2n) is 4.46. The summed E-state index contributed by atoms with van der Waals surface area (Å²) >= 11 is 0. The van der Waals surface area contributed by atoms with Gasteiger partial charge in [-0.15, -0.1) is 0 Å². The molecule has 1 aromatic carbocycles. The number of para-hydroxylation sites is 2. The van der Waals surface area contributed by atoms with Gasteiger partial charge >= 0.3 is 0 Å². The van der Waals surface area contributed by atoms with Gasteiger partial charge in [0, 0.05) is 12.0 Å². The molecule has 1 aromatic heterocycles. The van der Waals surface area contributed by atoms with E-state index in [1.807, 2.05) is 24.3 Å². The quantitative estimate of drug-likeness (QED) is 0.805. The monoisotopic (exact) mass is 204 g/mol. The first-order valence-corrected chi connectivity index (χ1v) is 5.19. The third-order valence-electron chi connectivity index (χ3n) is 2.77. The third kappa shape index (κ3) is 1.88. The highest BCUT2D eigenvalue weighted by molar-refractivity contribution is 5.74. The van der Waals surface area contributed by atoms with E-state index < -0.39 is 0 Å². The van der Waals surface area contributed by atoms with Crippen LogP contribution in [0.4, 0.5) is 0 Å². The fourth-order valence-corrected chi connectivity index (χ4v) is 1.67. The summed E-state index contributed by atoms with van der Waals surface area (Å²) in [6.07, 6.45) is 0.715. The van der Waals surface area contributed by atoms with Crippen molar-refractivity contribution in [3.63, 3.8) is 0 Å². The summed E-state index contributed by atoms with van der Waals surface area (Å²) in [5.74, 6) is 0.942. The molecule has 3 heteroatoms. The molecule has 0 unspecified atom stereocenters. The Morgan fingerprint density at radius 1 is 1.33 bits per heavy atom. The van der Waals surface area contributed by atoms with Crippen molar-refractivity contribution < 1.29 is 5.11 Å². The lowest BCUT2D eigenvalue weighted by Crippen LogP contribution is -2.20. The number of imidazole rings is 1. The minimum absolute atomic E-state index is 0.103. The number of H-pyrrole nitrogens is 1. The van der Waals surface area contributed by atoms with E-state index in [0.29, 0.717) is 6.42 Å². The summed E-state index contributed by atoms with van der Waals surface area (Å²) in [7, 11) is 0. The Labute approximate surface area is 89.2 Å². The van der Waals surface area contributed by atoms with Crippen LogP contribution in [0.2, 0.25) is 0 Å². The van der Waals surface area contributed by atoms with Gasteiger partial charge in [0.1, 0.15) is 5.82 Å². The Morgan fingerprint density at radius 2 is 2.07 bits per heavy atom. The van der Waals surface area contributed by atoms with Crippen LogP contribution in [0.15, 0.2) is 24.3 Å². The lowest BCUT2D eigenvalue weighted by Gasteiger charge is -2.20. The number of fused-ring (bicyclic) bond motifs is 1. The maximum absolute atomic E-state index is 9.00. The number of hydrogen-bond donors (Lipinski definition) is 2. The van der Waals surface area contributed by atoms with Crippen molar-refractivity contribution in [2.75, 3.05) is 6.61 Å². The van der Waals surface area contributed by atoms with Crippen molar-refractivity contribution in [3.8, 4) is 0 Å². The van der Waals surface area contributed by atoms with Gasteiger partial charge in [-0.3, -0.25) is 0 Å². The Kier molecular flexibility index (Phi) is 2.49.